The Bertz CT molecular complexity index is 1290. The first kappa shape index (κ1) is 23.2. The summed E-state index contributed by atoms with van der Waals surface area (Å²) in [7, 11) is -1.95. The average Bonchev–Trinajstić information content (AvgIpc) is 3.07. The number of hydrogen-bond donors (Lipinski definition) is 0. The first-order chi connectivity index (χ1) is 14.7. The van der Waals surface area contributed by atoms with E-state index in [0.717, 1.165) is 22.2 Å². The van der Waals surface area contributed by atoms with Gasteiger partial charge in [-0.3, -0.25) is 4.79 Å². The van der Waals surface area contributed by atoms with Crippen LogP contribution >= 0.6 is 23.1 Å². The number of aromatic nitrogens is 1. The van der Waals surface area contributed by atoms with Crippen molar-refractivity contribution in [3.8, 4) is 0 Å². The van der Waals surface area contributed by atoms with Gasteiger partial charge in [-0.05, 0) is 42.2 Å². The largest absolute Gasteiger partial charge is 0.465 e. The maximum Gasteiger partial charge on any atom is 0.337 e. The summed E-state index contributed by atoms with van der Waals surface area (Å²) in [6.07, 6.45) is 3.21. The number of carbonyl (C=O) groups excluding carboxylic acids is 2. The van der Waals surface area contributed by atoms with Crippen LogP contribution in [0.4, 0.5) is 0 Å². The summed E-state index contributed by atoms with van der Waals surface area (Å²) in [5, 5.41) is 0. The van der Waals surface area contributed by atoms with Crippen LogP contribution in [0.5, 0.6) is 0 Å². The summed E-state index contributed by atoms with van der Waals surface area (Å²) >= 11 is 3.03. The molecule has 0 spiro atoms. The lowest BCUT2D eigenvalue weighted by molar-refractivity contribution is -0.117. The third kappa shape index (κ3) is 5.63. The van der Waals surface area contributed by atoms with Gasteiger partial charge >= 0.3 is 5.97 Å². The maximum absolute atomic E-state index is 12.6. The van der Waals surface area contributed by atoms with E-state index in [2.05, 4.69) is 4.99 Å². The molecule has 0 saturated heterocycles. The summed E-state index contributed by atoms with van der Waals surface area (Å²) in [6, 6.07) is 11.5. The van der Waals surface area contributed by atoms with E-state index in [1.807, 2.05) is 16.9 Å². The normalized spacial score (nSPS) is 12.3. The molecule has 0 aliphatic heterocycles. The Morgan fingerprint density at radius 2 is 1.87 bits per heavy atom. The Kier molecular flexibility index (Phi) is 7.34. The van der Waals surface area contributed by atoms with Gasteiger partial charge in [0.25, 0.3) is 5.91 Å². The molecular weight excluding hydrogens is 456 g/mol. The molecule has 0 atom stereocenters. The first-order valence-corrected chi connectivity index (χ1v) is 13.4. The second-order valence-corrected chi connectivity index (χ2v) is 10.8. The Morgan fingerprint density at radius 1 is 1.16 bits per heavy atom. The lowest BCUT2D eigenvalue weighted by atomic mass is 10.1. The van der Waals surface area contributed by atoms with E-state index >= 15 is 0 Å². The van der Waals surface area contributed by atoms with Crippen molar-refractivity contribution in [1.82, 2.24) is 4.57 Å². The monoisotopic (exact) mass is 478 g/mol. The number of rotatable bonds is 7. The molecule has 0 radical (unpaired) electrons. The molecule has 0 unspecified atom stereocenters. The predicted octanol–water partition coefficient (Wildman–Crippen LogP) is 2.93. The van der Waals surface area contributed by atoms with Gasteiger partial charge in [0.15, 0.2) is 14.6 Å². The fraction of sp³-hybridized carbons (Fsp3) is 0.286. The predicted molar refractivity (Wildman–Crippen MR) is 123 cm³/mol. The van der Waals surface area contributed by atoms with Gasteiger partial charge in [0.05, 0.1) is 34.2 Å². The molecule has 0 bridgehead atoms. The first-order valence-electron chi connectivity index (χ1n) is 9.30. The van der Waals surface area contributed by atoms with Gasteiger partial charge in [-0.15, -0.1) is 0 Å². The van der Waals surface area contributed by atoms with Gasteiger partial charge in [0.2, 0.25) is 0 Å². The lowest BCUT2D eigenvalue weighted by Gasteiger charge is -2.05. The van der Waals surface area contributed by atoms with Crippen molar-refractivity contribution in [2.24, 2.45) is 4.99 Å². The second-order valence-electron chi connectivity index (χ2n) is 6.80. The SMILES string of the molecule is COC(=O)c1ccc2c(c1)sc(=NC(=O)Cc1ccc(S(C)(=O)=O)cc1)n2CCSC. The average molecular weight is 479 g/mol. The number of ether oxygens (including phenoxy) is 1. The summed E-state index contributed by atoms with van der Waals surface area (Å²) in [6.45, 7) is 0.675. The standard InChI is InChI=1S/C21H22N2O5S3/c1-28-20(25)15-6-9-17-18(13-15)30-21(23(17)10-11-29-2)22-19(24)12-14-4-7-16(8-5-14)31(3,26)27/h4-9,13H,10-12H2,1-3H3. The molecule has 7 nitrogen and oxygen atoms in total. The third-order valence-corrected chi connectivity index (χ3v) is 7.31. The van der Waals surface area contributed by atoms with E-state index in [0.29, 0.717) is 22.5 Å². The van der Waals surface area contributed by atoms with Crippen molar-refractivity contribution < 1.29 is 22.7 Å². The van der Waals surface area contributed by atoms with Crippen LogP contribution in [0.3, 0.4) is 0 Å². The lowest BCUT2D eigenvalue weighted by Crippen LogP contribution is -2.18. The zero-order chi connectivity index (χ0) is 22.6. The zero-order valence-electron chi connectivity index (χ0n) is 17.3. The van der Waals surface area contributed by atoms with E-state index in [4.69, 9.17) is 4.74 Å². The van der Waals surface area contributed by atoms with E-state index in [1.54, 1.807) is 36.0 Å². The van der Waals surface area contributed by atoms with Crippen molar-refractivity contribution >= 4 is 55.0 Å². The quantitative estimate of drug-likeness (QED) is 0.485. The Labute approximate surface area is 188 Å². The number of carbonyl (C=O) groups is 2. The summed E-state index contributed by atoms with van der Waals surface area (Å²) < 4.78 is 30.8. The van der Waals surface area contributed by atoms with Crippen LogP contribution in [0.15, 0.2) is 52.4 Å². The Morgan fingerprint density at radius 3 is 2.48 bits per heavy atom. The van der Waals surface area contributed by atoms with Crippen molar-refractivity contribution in [2.45, 2.75) is 17.9 Å². The number of amides is 1. The van der Waals surface area contributed by atoms with Crippen molar-refractivity contribution in [3.63, 3.8) is 0 Å². The molecule has 0 aliphatic carbocycles. The number of fused-ring (bicyclic) bond motifs is 1. The van der Waals surface area contributed by atoms with Gasteiger partial charge in [-0.2, -0.15) is 16.8 Å². The van der Waals surface area contributed by atoms with Gasteiger partial charge in [0, 0.05) is 18.6 Å². The number of nitrogens with zero attached hydrogens (tertiary/aromatic N) is 2. The molecule has 0 aliphatic rings. The summed E-state index contributed by atoms with van der Waals surface area (Å²) in [5.41, 5.74) is 2.03. The van der Waals surface area contributed by atoms with E-state index in [-0.39, 0.29) is 17.2 Å². The molecule has 1 aromatic heterocycles. The number of thiazole rings is 1. The van der Waals surface area contributed by atoms with Gasteiger partial charge < -0.3 is 9.30 Å². The van der Waals surface area contributed by atoms with Crippen molar-refractivity contribution in [2.75, 3.05) is 25.4 Å². The molecule has 1 heterocycles. The number of aryl methyl sites for hydroxylation is 1. The smallest absolute Gasteiger partial charge is 0.337 e. The minimum absolute atomic E-state index is 0.0637. The van der Waals surface area contributed by atoms with Crippen LogP contribution in [-0.2, 0) is 32.3 Å². The summed E-state index contributed by atoms with van der Waals surface area (Å²) in [5.74, 6) is 0.0988. The highest BCUT2D eigenvalue weighted by atomic mass is 32.2. The highest BCUT2D eigenvalue weighted by Gasteiger charge is 2.13. The molecule has 2 aromatic carbocycles. The highest BCUT2D eigenvalue weighted by Crippen LogP contribution is 2.20. The van der Waals surface area contributed by atoms with Crippen LogP contribution in [0.1, 0.15) is 15.9 Å². The van der Waals surface area contributed by atoms with Crippen molar-refractivity contribution in [3.05, 3.63) is 58.4 Å². The molecule has 0 saturated carbocycles. The molecule has 1 amide bonds. The van der Waals surface area contributed by atoms with E-state index in [1.165, 1.54) is 30.6 Å². The third-order valence-electron chi connectivity index (χ3n) is 4.55. The van der Waals surface area contributed by atoms with Crippen LogP contribution < -0.4 is 4.80 Å². The number of esters is 1. The van der Waals surface area contributed by atoms with Crippen LogP contribution in [0.25, 0.3) is 10.2 Å². The highest BCUT2D eigenvalue weighted by molar-refractivity contribution is 7.98. The number of hydrogen-bond acceptors (Lipinski definition) is 7. The molecule has 0 N–H and O–H groups in total. The van der Waals surface area contributed by atoms with Crippen LogP contribution in [0.2, 0.25) is 0 Å². The van der Waals surface area contributed by atoms with Crippen LogP contribution in [-0.4, -0.2) is 50.2 Å². The number of methoxy groups -OCH3 is 1. The fourth-order valence-electron chi connectivity index (χ4n) is 2.98. The molecule has 0 fully saturated rings. The molecule has 31 heavy (non-hydrogen) atoms. The summed E-state index contributed by atoms with van der Waals surface area (Å²) in [4.78, 5) is 29.5. The minimum Gasteiger partial charge on any atom is -0.465 e. The fourth-order valence-corrected chi connectivity index (χ4v) is 5.09. The molecule has 3 aromatic rings. The molecule has 10 heteroatoms. The van der Waals surface area contributed by atoms with Gasteiger partial charge in [0.1, 0.15) is 0 Å². The number of thioether (sulfide) groups is 1. The number of benzene rings is 2. The van der Waals surface area contributed by atoms with E-state index < -0.39 is 15.8 Å². The van der Waals surface area contributed by atoms with Crippen LogP contribution in [0, 0.1) is 0 Å². The van der Waals surface area contributed by atoms with Gasteiger partial charge in [-0.25, -0.2) is 13.2 Å². The second kappa shape index (κ2) is 9.80. The van der Waals surface area contributed by atoms with Gasteiger partial charge in [-0.1, -0.05) is 23.5 Å². The maximum atomic E-state index is 12.6. The molecular formula is C21H22N2O5S3. The van der Waals surface area contributed by atoms with E-state index in [9.17, 15) is 18.0 Å². The molecule has 3 rings (SSSR count). The Hall–Kier alpha value is -2.43. The Balaban J connectivity index is 1.95. The number of sulfone groups is 1. The topological polar surface area (TPSA) is 94.8 Å². The minimum atomic E-state index is -3.28. The zero-order valence-corrected chi connectivity index (χ0v) is 19.8. The van der Waals surface area contributed by atoms with Crippen molar-refractivity contribution in [1.29, 1.82) is 0 Å². The molecule has 164 valence electrons.